The van der Waals surface area contributed by atoms with Gasteiger partial charge in [-0.1, -0.05) is 84.9 Å². The van der Waals surface area contributed by atoms with E-state index in [1.54, 1.807) is 7.11 Å². The minimum Gasteiger partial charge on any atom is -0.493 e. The van der Waals surface area contributed by atoms with Gasteiger partial charge in [-0.15, -0.1) is 0 Å². The molecule has 1 atom stereocenters. The summed E-state index contributed by atoms with van der Waals surface area (Å²) in [5, 5.41) is 0. The van der Waals surface area contributed by atoms with E-state index < -0.39 is 0 Å². The van der Waals surface area contributed by atoms with E-state index >= 15 is 0 Å². The first-order valence-electron chi connectivity index (χ1n) is 12.7. The van der Waals surface area contributed by atoms with Crippen LogP contribution < -0.4 is 14.2 Å². The first-order valence-corrected chi connectivity index (χ1v) is 12.7. The van der Waals surface area contributed by atoms with Gasteiger partial charge >= 0.3 is 0 Å². The number of hydrogen-bond donors (Lipinski definition) is 0. The van der Waals surface area contributed by atoms with Gasteiger partial charge in [-0.2, -0.15) is 0 Å². The first kappa shape index (κ1) is 24.7. The van der Waals surface area contributed by atoms with Gasteiger partial charge in [0.05, 0.1) is 13.2 Å². The Morgan fingerprint density at radius 3 is 2.08 bits per heavy atom. The smallest absolute Gasteiger partial charge is 0.162 e. The molecule has 4 aromatic rings. The third-order valence-electron chi connectivity index (χ3n) is 6.79. The lowest BCUT2D eigenvalue weighted by molar-refractivity contribution is 0.263. The molecule has 1 heterocycles. The third-order valence-corrected chi connectivity index (χ3v) is 6.79. The van der Waals surface area contributed by atoms with E-state index in [2.05, 4.69) is 72.6 Å². The molecular formula is C33H33NO3. The molecular weight excluding hydrogens is 458 g/mol. The van der Waals surface area contributed by atoms with Crippen molar-refractivity contribution in [2.75, 3.05) is 20.7 Å². The zero-order valence-electron chi connectivity index (χ0n) is 21.5. The van der Waals surface area contributed by atoms with Crippen molar-refractivity contribution in [3.8, 4) is 17.2 Å². The van der Waals surface area contributed by atoms with Crippen molar-refractivity contribution < 1.29 is 14.2 Å². The number of ether oxygens (including phenoxy) is 3. The molecule has 0 amide bonds. The van der Waals surface area contributed by atoms with E-state index in [4.69, 9.17) is 14.2 Å². The van der Waals surface area contributed by atoms with Gasteiger partial charge in [0.15, 0.2) is 11.5 Å². The van der Waals surface area contributed by atoms with Crippen molar-refractivity contribution in [2.24, 2.45) is 0 Å². The summed E-state index contributed by atoms with van der Waals surface area (Å²) in [5.41, 5.74) is 6.00. The number of likely N-dealkylation sites (N-methyl/N-ethyl adjacent to an activating group) is 1. The maximum absolute atomic E-state index is 6.21. The Morgan fingerprint density at radius 2 is 1.43 bits per heavy atom. The Kier molecular flexibility index (Phi) is 7.87. The van der Waals surface area contributed by atoms with Gasteiger partial charge in [0.25, 0.3) is 0 Å². The Hall–Kier alpha value is -4.02. The topological polar surface area (TPSA) is 30.9 Å². The van der Waals surface area contributed by atoms with Crippen molar-refractivity contribution >= 4 is 6.08 Å². The molecule has 0 saturated heterocycles. The number of rotatable bonds is 9. The SMILES string of the molecule is COc1cc2c(cc1OCc1ccccc1)C(C=Cc1ccc(OCc3ccccc3)cc1)N(C)CC2. The largest absolute Gasteiger partial charge is 0.493 e. The van der Waals surface area contributed by atoms with Gasteiger partial charge in [0.1, 0.15) is 19.0 Å². The van der Waals surface area contributed by atoms with Gasteiger partial charge < -0.3 is 14.2 Å². The number of benzene rings is 4. The van der Waals surface area contributed by atoms with E-state index in [0.717, 1.165) is 46.9 Å². The Bertz CT molecular complexity index is 1320. The molecule has 1 aliphatic rings. The van der Waals surface area contributed by atoms with Gasteiger partial charge in [0.2, 0.25) is 0 Å². The van der Waals surface area contributed by atoms with Crippen LogP contribution in [0.5, 0.6) is 17.2 Å². The van der Waals surface area contributed by atoms with Gasteiger partial charge in [-0.3, -0.25) is 4.90 Å². The molecule has 0 spiro atoms. The Morgan fingerprint density at radius 1 is 0.784 bits per heavy atom. The molecule has 5 rings (SSSR count). The molecule has 37 heavy (non-hydrogen) atoms. The van der Waals surface area contributed by atoms with Crippen molar-refractivity contribution in [3.05, 3.63) is 131 Å². The van der Waals surface area contributed by atoms with Crippen LogP contribution in [0.15, 0.2) is 103 Å². The molecule has 0 radical (unpaired) electrons. The standard InChI is InChI=1S/C33H33NO3/c1-34-20-19-28-21-32(35-2)33(37-24-27-11-7-4-8-12-27)22-30(28)31(34)18-15-25-13-16-29(17-14-25)36-23-26-9-5-3-6-10-26/h3-18,21-22,31H,19-20,23-24H2,1-2H3. The molecule has 0 saturated carbocycles. The van der Waals surface area contributed by atoms with Gasteiger partial charge in [-0.25, -0.2) is 0 Å². The maximum atomic E-state index is 6.21. The highest BCUT2D eigenvalue weighted by Crippen LogP contribution is 2.39. The Balaban J connectivity index is 1.31. The summed E-state index contributed by atoms with van der Waals surface area (Å²) in [4.78, 5) is 2.38. The fourth-order valence-electron chi connectivity index (χ4n) is 4.66. The molecule has 1 aliphatic heterocycles. The van der Waals surface area contributed by atoms with E-state index in [1.807, 2.05) is 48.5 Å². The minimum absolute atomic E-state index is 0.155. The zero-order chi connectivity index (χ0) is 25.5. The molecule has 4 aromatic carbocycles. The fraction of sp³-hybridized carbons (Fsp3) is 0.212. The number of methoxy groups -OCH3 is 1. The second-order valence-corrected chi connectivity index (χ2v) is 9.35. The maximum Gasteiger partial charge on any atom is 0.162 e. The second-order valence-electron chi connectivity index (χ2n) is 9.35. The normalized spacial score (nSPS) is 15.4. The van der Waals surface area contributed by atoms with Crippen molar-refractivity contribution in [2.45, 2.75) is 25.7 Å². The van der Waals surface area contributed by atoms with E-state index in [1.165, 1.54) is 11.1 Å². The monoisotopic (exact) mass is 491 g/mol. The predicted octanol–water partition coefficient (Wildman–Crippen LogP) is 7.10. The average Bonchev–Trinajstić information content (AvgIpc) is 2.95. The third kappa shape index (κ3) is 6.22. The van der Waals surface area contributed by atoms with Crippen LogP contribution in [0.25, 0.3) is 6.08 Å². The highest BCUT2D eigenvalue weighted by atomic mass is 16.5. The van der Waals surface area contributed by atoms with Crippen molar-refractivity contribution in [1.29, 1.82) is 0 Å². The molecule has 4 nitrogen and oxygen atoms in total. The quantitative estimate of drug-likeness (QED) is 0.250. The summed E-state index contributed by atoms with van der Waals surface area (Å²) < 4.78 is 17.8. The summed E-state index contributed by atoms with van der Waals surface area (Å²) in [7, 11) is 3.88. The molecule has 0 fully saturated rings. The van der Waals surface area contributed by atoms with E-state index in [0.29, 0.717) is 13.2 Å². The molecule has 188 valence electrons. The first-order chi connectivity index (χ1) is 18.2. The molecule has 4 heteroatoms. The lowest BCUT2D eigenvalue weighted by Crippen LogP contribution is -2.31. The van der Waals surface area contributed by atoms with Crippen LogP contribution in [-0.2, 0) is 19.6 Å². The van der Waals surface area contributed by atoms with Crippen molar-refractivity contribution in [3.63, 3.8) is 0 Å². The van der Waals surface area contributed by atoms with Crippen LogP contribution in [0.3, 0.4) is 0 Å². The van der Waals surface area contributed by atoms with E-state index in [9.17, 15) is 0 Å². The van der Waals surface area contributed by atoms with Crippen LogP contribution in [-0.4, -0.2) is 25.6 Å². The molecule has 0 N–H and O–H groups in total. The average molecular weight is 492 g/mol. The number of fused-ring (bicyclic) bond motifs is 1. The lowest BCUT2D eigenvalue weighted by Gasteiger charge is -2.33. The van der Waals surface area contributed by atoms with E-state index in [-0.39, 0.29) is 6.04 Å². The van der Waals surface area contributed by atoms with Crippen LogP contribution in [0, 0.1) is 0 Å². The highest BCUT2D eigenvalue weighted by Gasteiger charge is 2.25. The molecule has 1 unspecified atom stereocenters. The number of nitrogens with zero attached hydrogens (tertiary/aromatic N) is 1. The van der Waals surface area contributed by atoms with Gasteiger partial charge in [0, 0.05) is 6.54 Å². The zero-order valence-corrected chi connectivity index (χ0v) is 21.5. The van der Waals surface area contributed by atoms with Gasteiger partial charge in [-0.05, 0) is 65.6 Å². The Labute approximate surface area is 219 Å². The molecule has 0 aromatic heterocycles. The molecule has 0 bridgehead atoms. The highest BCUT2D eigenvalue weighted by molar-refractivity contribution is 5.55. The van der Waals surface area contributed by atoms with Crippen LogP contribution in [0.4, 0.5) is 0 Å². The van der Waals surface area contributed by atoms with Crippen LogP contribution in [0.1, 0.15) is 33.9 Å². The fourth-order valence-corrected chi connectivity index (χ4v) is 4.66. The molecule has 0 aliphatic carbocycles. The predicted molar refractivity (Wildman–Crippen MR) is 149 cm³/mol. The minimum atomic E-state index is 0.155. The second kappa shape index (κ2) is 11.8. The van der Waals surface area contributed by atoms with Crippen LogP contribution in [0.2, 0.25) is 0 Å². The lowest BCUT2D eigenvalue weighted by atomic mass is 9.91. The summed E-state index contributed by atoms with van der Waals surface area (Å²) in [6.45, 7) is 2.06. The number of hydrogen-bond acceptors (Lipinski definition) is 4. The summed E-state index contributed by atoms with van der Waals surface area (Å²) in [6.07, 6.45) is 5.44. The summed E-state index contributed by atoms with van der Waals surface area (Å²) in [6, 6.07) is 33.1. The summed E-state index contributed by atoms with van der Waals surface area (Å²) >= 11 is 0. The summed E-state index contributed by atoms with van der Waals surface area (Å²) in [5.74, 6) is 2.43. The van der Waals surface area contributed by atoms with Crippen LogP contribution >= 0.6 is 0 Å². The van der Waals surface area contributed by atoms with Crippen molar-refractivity contribution in [1.82, 2.24) is 4.90 Å².